The summed E-state index contributed by atoms with van der Waals surface area (Å²) in [4.78, 5) is 12.0. The van der Waals surface area contributed by atoms with Crippen molar-refractivity contribution in [1.29, 1.82) is 0 Å². The second-order valence-electron chi connectivity index (χ2n) is 5.77. The minimum Gasteiger partial charge on any atom is -0.348 e. The first-order valence-corrected chi connectivity index (χ1v) is 7.83. The number of benzene rings is 1. The number of carbonyl (C=O) groups excluding carboxylic acids is 1. The maximum Gasteiger partial charge on any atom is 0.234 e. The fraction of sp³-hybridized carbons (Fsp3) is 0.588. The van der Waals surface area contributed by atoms with E-state index in [0.717, 1.165) is 5.56 Å². The molecule has 0 radical (unpaired) electrons. The SMILES string of the molecule is CC(NC(=O)CNC1CCCCCC1)c1ccccc1. The normalized spacial score (nSPS) is 18.2. The molecule has 0 aromatic heterocycles. The molecule has 1 aromatic carbocycles. The van der Waals surface area contributed by atoms with E-state index in [-0.39, 0.29) is 11.9 Å². The average molecular weight is 274 g/mol. The number of amides is 1. The van der Waals surface area contributed by atoms with Crippen LogP contribution in [0.2, 0.25) is 0 Å². The topological polar surface area (TPSA) is 41.1 Å². The molecule has 1 amide bonds. The van der Waals surface area contributed by atoms with E-state index >= 15 is 0 Å². The van der Waals surface area contributed by atoms with E-state index < -0.39 is 0 Å². The zero-order chi connectivity index (χ0) is 14.2. The summed E-state index contributed by atoms with van der Waals surface area (Å²) in [6.07, 6.45) is 7.69. The lowest BCUT2D eigenvalue weighted by atomic mass is 10.1. The number of carbonyl (C=O) groups is 1. The highest BCUT2D eigenvalue weighted by molar-refractivity contribution is 5.78. The maximum absolute atomic E-state index is 12.0. The number of hydrogen-bond acceptors (Lipinski definition) is 2. The van der Waals surface area contributed by atoms with Crippen molar-refractivity contribution >= 4 is 5.91 Å². The van der Waals surface area contributed by atoms with Crippen molar-refractivity contribution in [3.05, 3.63) is 35.9 Å². The molecule has 0 heterocycles. The molecule has 3 heteroatoms. The van der Waals surface area contributed by atoms with Crippen molar-refractivity contribution in [2.45, 2.75) is 57.5 Å². The van der Waals surface area contributed by atoms with Crippen molar-refractivity contribution in [3.8, 4) is 0 Å². The van der Waals surface area contributed by atoms with E-state index in [1.54, 1.807) is 0 Å². The van der Waals surface area contributed by atoms with Crippen LogP contribution in [0.25, 0.3) is 0 Å². The highest BCUT2D eigenvalue weighted by Gasteiger charge is 2.14. The zero-order valence-corrected chi connectivity index (χ0v) is 12.4. The van der Waals surface area contributed by atoms with Gasteiger partial charge < -0.3 is 10.6 Å². The van der Waals surface area contributed by atoms with E-state index in [4.69, 9.17) is 0 Å². The Balaban J connectivity index is 1.72. The third-order valence-corrected chi connectivity index (χ3v) is 4.08. The van der Waals surface area contributed by atoms with Crippen molar-refractivity contribution in [2.24, 2.45) is 0 Å². The first-order valence-electron chi connectivity index (χ1n) is 7.83. The second kappa shape index (κ2) is 8.05. The Labute approximate surface area is 122 Å². The molecule has 1 saturated carbocycles. The summed E-state index contributed by atoms with van der Waals surface area (Å²) < 4.78 is 0. The van der Waals surface area contributed by atoms with Gasteiger partial charge in [0.05, 0.1) is 12.6 Å². The molecule has 0 aliphatic heterocycles. The summed E-state index contributed by atoms with van der Waals surface area (Å²) >= 11 is 0. The highest BCUT2D eigenvalue weighted by atomic mass is 16.1. The summed E-state index contributed by atoms with van der Waals surface area (Å²) in [5.41, 5.74) is 1.15. The molecule has 0 saturated heterocycles. The smallest absolute Gasteiger partial charge is 0.234 e. The monoisotopic (exact) mass is 274 g/mol. The molecule has 1 fully saturated rings. The third kappa shape index (κ3) is 4.97. The van der Waals surface area contributed by atoms with Crippen LogP contribution in [-0.4, -0.2) is 18.5 Å². The van der Waals surface area contributed by atoms with Crippen LogP contribution in [0.1, 0.15) is 57.1 Å². The third-order valence-electron chi connectivity index (χ3n) is 4.08. The van der Waals surface area contributed by atoms with Gasteiger partial charge in [-0.3, -0.25) is 4.79 Å². The minimum absolute atomic E-state index is 0.0691. The van der Waals surface area contributed by atoms with Gasteiger partial charge >= 0.3 is 0 Å². The summed E-state index contributed by atoms with van der Waals surface area (Å²) in [6.45, 7) is 2.46. The van der Waals surface area contributed by atoms with Crippen LogP contribution < -0.4 is 10.6 Å². The first kappa shape index (κ1) is 15.0. The standard InChI is InChI=1S/C17H26N2O/c1-14(15-9-5-4-6-10-15)19-17(20)13-18-16-11-7-2-3-8-12-16/h4-6,9-10,14,16,18H,2-3,7-8,11-13H2,1H3,(H,19,20). The van der Waals surface area contributed by atoms with Crippen LogP contribution in [0.4, 0.5) is 0 Å². The van der Waals surface area contributed by atoms with Crippen LogP contribution in [0, 0.1) is 0 Å². The Hall–Kier alpha value is -1.35. The van der Waals surface area contributed by atoms with Gasteiger partial charge in [-0.15, -0.1) is 0 Å². The zero-order valence-electron chi connectivity index (χ0n) is 12.4. The average Bonchev–Trinajstić information content (AvgIpc) is 2.74. The Morgan fingerprint density at radius 1 is 1.15 bits per heavy atom. The van der Waals surface area contributed by atoms with Crippen LogP contribution in [0.5, 0.6) is 0 Å². The Morgan fingerprint density at radius 3 is 2.45 bits per heavy atom. The lowest BCUT2D eigenvalue weighted by Crippen LogP contribution is -2.39. The molecule has 110 valence electrons. The van der Waals surface area contributed by atoms with Gasteiger partial charge in [-0.25, -0.2) is 0 Å². The summed E-state index contributed by atoms with van der Waals surface area (Å²) in [7, 11) is 0. The number of rotatable bonds is 5. The summed E-state index contributed by atoms with van der Waals surface area (Å²) in [5, 5.41) is 6.46. The molecule has 1 unspecified atom stereocenters. The highest BCUT2D eigenvalue weighted by Crippen LogP contribution is 2.17. The van der Waals surface area contributed by atoms with Gasteiger partial charge in [-0.05, 0) is 25.3 Å². The second-order valence-corrected chi connectivity index (χ2v) is 5.77. The maximum atomic E-state index is 12.0. The molecular weight excluding hydrogens is 248 g/mol. The fourth-order valence-electron chi connectivity index (χ4n) is 2.84. The van der Waals surface area contributed by atoms with Gasteiger partial charge in [-0.1, -0.05) is 56.0 Å². The molecule has 1 aliphatic carbocycles. The van der Waals surface area contributed by atoms with Gasteiger partial charge in [0.2, 0.25) is 5.91 Å². The van der Waals surface area contributed by atoms with Gasteiger partial charge in [0.15, 0.2) is 0 Å². The molecule has 2 rings (SSSR count). The van der Waals surface area contributed by atoms with E-state index in [9.17, 15) is 4.79 Å². The van der Waals surface area contributed by atoms with Gasteiger partial charge in [-0.2, -0.15) is 0 Å². The van der Waals surface area contributed by atoms with Crippen molar-refractivity contribution in [1.82, 2.24) is 10.6 Å². The van der Waals surface area contributed by atoms with Gasteiger partial charge in [0.1, 0.15) is 0 Å². The Morgan fingerprint density at radius 2 is 1.80 bits per heavy atom. The van der Waals surface area contributed by atoms with E-state index in [2.05, 4.69) is 10.6 Å². The Kier molecular flexibility index (Phi) is 6.06. The molecular formula is C17H26N2O. The number of nitrogens with one attached hydrogen (secondary N) is 2. The molecule has 1 aromatic rings. The lowest BCUT2D eigenvalue weighted by molar-refractivity contribution is -0.121. The molecule has 2 N–H and O–H groups in total. The van der Waals surface area contributed by atoms with Crippen molar-refractivity contribution in [2.75, 3.05) is 6.54 Å². The van der Waals surface area contributed by atoms with Crippen LogP contribution in [0.3, 0.4) is 0 Å². The molecule has 3 nitrogen and oxygen atoms in total. The summed E-state index contributed by atoms with van der Waals surface area (Å²) in [5.74, 6) is 0.0885. The first-order chi connectivity index (χ1) is 9.75. The molecule has 0 bridgehead atoms. The summed E-state index contributed by atoms with van der Waals surface area (Å²) in [6, 6.07) is 10.7. The quantitative estimate of drug-likeness (QED) is 0.810. The van der Waals surface area contributed by atoms with Crippen LogP contribution >= 0.6 is 0 Å². The van der Waals surface area contributed by atoms with E-state index in [1.165, 1.54) is 38.5 Å². The molecule has 1 aliphatic rings. The Bertz CT molecular complexity index is 397. The fourth-order valence-corrected chi connectivity index (χ4v) is 2.84. The van der Waals surface area contributed by atoms with Gasteiger partial charge in [0, 0.05) is 6.04 Å². The van der Waals surface area contributed by atoms with E-state index in [1.807, 2.05) is 37.3 Å². The number of hydrogen-bond donors (Lipinski definition) is 2. The molecule has 0 spiro atoms. The van der Waals surface area contributed by atoms with Crippen LogP contribution in [0.15, 0.2) is 30.3 Å². The predicted molar refractivity (Wildman–Crippen MR) is 82.5 cm³/mol. The molecule has 20 heavy (non-hydrogen) atoms. The largest absolute Gasteiger partial charge is 0.348 e. The van der Waals surface area contributed by atoms with Crippen LogP contribution in [-0.2, 0) is 4.79 Å². The van der Waals surface area contributed by atoms with E-state index in [0.29, 0.717) is 12.6 Å². The lowest BCUT2D eigenvalue weighted by Gasteiger charge is -2.18. The minimum atomic E-state index is 0.0691. The predicted octanol–water partition coefficient (Wildman–Crippen LogP) is 3.18. The molecule has 1 atom stereocenters. The van der Waals surface area contributed by atoms with Crippen molar-refractivity contribution in [3.63, 3.8) is 0 Å². The van der Waals surface area contributed by atoms with Crippen molar-refractivity contribution < 1.29 is 4.79 Å². The van der Waals surface area contributed by atoms with Gasteiger partial charge in [0.25, 0.3) is 0 Å².